The summed E-state index contributed by atoms with van der Waals surface area (Å²) in [5.41, 5.74) is 0.897. The second kappa shape index (κ2) is 7.34. The maximum Gasteiger partial charge on any atom is 0.338 e. The summed E-state index contributed by atoms with van der Waals surface area (Å²) < 4.78 is 43.8. The van der Waals surface area contributed by atoms with Crippen LogP contribution < -0.4 is 4.72 Å². The molecule has 0 aromatic heterocycles. The molecular weight excluding hydrogens is 321 g/mol. The van der Waals surface area contributed by atoms with Gasteiger partial charge in [-0.3, -0.25) is 0 Å². The first-order valence-electron chi connectivity index (χ1n) is 6.93. The molecule has 0 saturated carbocycles. The van der Waals surface area contributed by atoms with Crippen LogP contribution >= 0.6 is 0 Å². The van der Waals surface area contributed by atoms with E-state index in [1.165, 1.54) is 48.5 Å². The predicted octanol–water partition coefficient (Wildman–Crippen LogP) is 2.48. The molecule has 0 radical (unpaired) electrons. The fourth-order valence-corrected chi connectivity index (χ4v) is 2.90. The van der Waals surface area contributed by atoms with Gasteiger partial charge in [0.05, 0.1) is 10.5 Å². The second-order valence-corrected chi connectivity index (χ2v) is 6.50. The van der Waals surface area contributed by atoms with Gasteiger partial charge in [0.2, 0.25) is 10.0 Å². The lowest BCUT2D eigenvalue weighted by atomic mass is 10.2. The summed E-state index contributed by atoms with van der Waals surface area (Å²) in [4.78, 5) is 12.0. The van der Waals surface area contributed by atoms with Crippen LogP contribution in [0.1, 0.15) is 22.8 Å². The van der Waals surface area contributed by atoms with E-state index in [4.69, 9.17) is 4.74 Å². The highest BCUT2D eigenvalue weighted by Gasteiger charge is 2.14. The molecule has 0 amide bonds. The Balaban J connectivity index is 2.01. The van der Waals surface area contributed by atoms with Crippen LogP contribution in [0.3, 0.4) is 0 Å². The summed E-state index contributed by atoms with van der Waals surface area (Å²) >= 11 is 0. The number of rotatable bonds is 6. The van der Waals surface area contributed by atoms with Crippen molar-refractivity contribution < 1.29 is 22.3 Å². The third-order valence-corrected chi connectivity index (χ3v) is 4.58. The van der Waals surface area contributed by atoms with Gasteiger partial charge >= 0.3 is 5.97 Å². The summed E-state index contributed by atoms with van der Waals surface area (Å²) in [5.74, 6) is -0.945. The molecule has 0 atom stereocenters. The van der Waals surface area contributed by atoms with E-state index in [2.05, 4.69) is 4.72 Å². The van der Waals surface area contributed by atoms with E-state index in [0.29, 0.717) is 5.56 Å². The number of nitrogens with one attached hydrogen (secondary N) is 1. The third-order valence-electron chi connectivity index (χ3n) is 3.02. The maximum absolute atomic E-state index is 12.8. The van der Waals surface area contributed by atoms with Crippen LogP contribution in [0, 0.1) is 5.82 Å². The average molecular weight is 337 g/mol. The Kier molecular flexibility index (Phi) is 5.46. The van der Waals surface area contributed by atoms with Gasteiger partial charge in [-0.2, -0.15) is 0 Å². The Morgan fingerprint density at radius 1 is 1.09 bits per heavy atom. The maximum atomic E-state index is 12.8. The van der Waals surface area contributed by atoms with E-state index in [1.807, 2.05) is 0 Å². The summed E-state index contributed by atoms with van der Waals surface area (Å²) in [5, 5.41) is 0. The minimum absolute atomic E-state index is 0.0105. The number of sulfonamides is 1. The number of halogens is 1. The molecule has 0 aliphatic heterocycles. The minimum atomic E-state index is -3.55. The first-order valence-corrected chi connectivity index (χ1v) is 8.42. The summed E-state index contributed by atoms with van der Waals surface area (Å²) in [6, 6.07) is 11.1. The van der Waals surface area contributed by atoms with E-state index >= 15 is 0 Å². The second-order valence-electron chi connectivity index (χ2n) is 4.73. The summed E-state index contributed by atoms with van der Waals surface area (Å²) in [7, 11) is -3.55. The normalized spacial score (nSPS) is 11.2. The van der Waals surface area contributed by atoms with Crippen molar-refractivity contribution >= 4 is 16.0 Å². The molecule has 0 heterocycles. The van der Waals surface area contributed by atoms with Crippen LogP contribution in [0.5, 0.6) is 0 Å². The highest BCUT2D eigenvalue weighted by molar-refractivity contribution is 7.89. The van der Waals surface area contributed by atoms with E-state index < -0.39 is 16.0 Å². The lowest BCUT2D eigenvalue weighted by Crippen LogP contribution is -2.23. The Morgan fingerprint density at radius 3 is 2.26 bits per heavy atom. The van der Waals surface area contributed by atoms with Crippen molar-refractivity contribution in [1.82, 2.24) is 4.72 Å². The molecule has 2 rings (SSSR count). The smallest absolute Gasteiger partial charge is 0.338 e. The van der Waals surface area contributed by atoms with Gasteiger partial charge in [-0.05, 0) is 42.0 Å². The van der Waals surface area contributed by atoms with Crippen LogP contribution in [-0.4, -0.2) is 20.9 Å². The molecule has 0 spiro atoms. The first kappa shape index (κ1) is 17.1. The molecule has 0 fully saturated rings. The largest absolute Gasteiger partial charge is 0.457 e. The lowest BCUT2D eigenvalue weighted by Gasteiger charge is -2.07. The molecule has 7 heteroatoms. The Labute approximate surface area is 134 Å². The highest BCUT2D eigenvalue weighted by Crippen LogP contribution is 2.12. The first-order chi connectivity index (χ1) is 10.9. The van der Waals surface area contributed by atoms with Gasteiger partial charge in [0.15, 0.2) is 0 Å². The number of hydrogen-bond donors (Lipinski definition) is 1. The number of ether oxygens (including phenoxy) is 1. The number of carbonyl (C=O) groups excluding carboxylic acids is 1. The van der Waals surface area contributed by atoms with Crippen molar-refractivity contribution in [3.8, 4) is 0 Å². The molecule has 122 valence electrons. The fraction of sp³-hybridized carbons (Fsp3) is 0.188. The van der Waals surface area contributed by atoms with Crippen LogP contribution in [0.2, 0.25) is 0 Å². The Morgan fingerprint density at radius 2 is 1.70 bits per heavy atom. The van der Waals surface area contributed by atoms with Crippen molar-refractivity contribution in [2.75, 3.05) is 6.54 Å². The van der Waals surface area contributed by atoms with Gasteiger partial charge in [0.1, 0.15) is 12.4 Å². The molecule has 0 aliphatic carbocycles. The van der Waals surface area contributed by atoms with E-state index in [0.717, 1.165) is 0 Å². The molecule has 0 aliphatic rings. The topological polar surface area (TPSA) is 72.5 Å². The van der Waals surface area contributed by atoms with Gasteiger partial charge in [0.25, 0.3) is 0 Å². The van der Waals surface area contributed by atoms with Crippen molar-refractivity contribution in [2.24, 2.45) is 0 Å². The number of carbonyl (C=O) groups is 1. The van der Waals surface area contributed by atoms with Crippen molar-refractivity contribution in [2.45, 2.75) is 18.4 Å². The van der Waals surface area contributed by atoms with E-state index in [9.17, 15) is 17.6 Å². The monoisotopic (exact) mass is 337 g/mol. The van der Waals surface area contributed by atoms with Crippen molar-refractivity contribution in [1.29, 1.82) is 0 Å². The van der Waals surface area contributed by atoms with Crippen LogP contribution in [-0.2, 0) is 21.4 Å². The number of hydrogen-bond acceptors (Lipinski definition) is 4. The quantitative estimate of drug-likeness (QED) is 0.822. The van der Waals surface area contributed by atoms with Gasteiger partial charge in [-0.25, -0.2) is 22.3 Å². The summed E-state index contributed by atoms with van der Waals surface area (Å²) in [6.45, 7) is 1.97. The van der Waals surface area contributed by atoms with Gasteiger partial charge < -0.3 is 4.74 Å². The molecule has 0 unspecified atom stereocenters. The molecule has 5 nitrogen and oxygen atoms in total. The molecule has 23 heavy (non-hydrogen) atoms. The van der Waals surface area contributed by atoms with Crippen LogP contribution in [0.4, 0.5) is 4.39 Å². The Bertz CT molecular complexity index is 771. The van der Waals surface area contributed by atoms with Crippen LogP contribution in [0.25, 0.3) is 0 Å². The van der Waals surface area contributed by atoms with Crippen LogP contribution in [0.15, 0.2) is 53.4 Å². The molecule has 0 saturated heterocycles. The zero-order valence-corrected chi connectivity index (χ0v) is 13.3. The van der Waals surface area contributed by atoms with Gasteiger partial charge in [0, 0.05) is 6.54 Å². The third kappa shape index (κ3) is 4.61. The fourth-order valence-electron chi connectivity index (χ4n) is 1.86. The predicted molar refractivity (Wildman–Crippen MR) is 82.8 cm³/mol. The van der Waals surface area contributed by atoms with E-state index in [1.54, 1.807) is 6.92 Å². The molecule has 2 aromatic rings. The van der Waals surface area contributed by atoms with Gasteiger partial charge in [-0.15, -0.1) is 0 Å². The Hall–Kier alpha value is -2.25. The number of esters is 1. The molecule has 0 bridgehead atoms. The zero-order valence-electron chi connectivity index (χ0n) is 12.5. The van der Waals surface area contributed by atoms with Crippen molar-refractivity contribution in [3.05, 3.63) is 65.5 Å². The SMILES string of the molecule is CCNS(=O)(=O)c1ccc(C(=O)OCc2ccc(F)cc2)cc1. The molecule has 1 N–H and O–H groups in total. The molecular formula is C16H16FNO4S. The number of benzene rings is 2. The van der Waals surface area contributed by atoms with E-state index in [-0.39, 0.29) is 29.4 Å². The zero-order chi connectivity index (χ0) is 16.9. The van der Waals surface area contributed by atoms with Crippen molar-refractivity contribution in [3.63, 3.8) is 0 Å². The average Bonchev–Trinajstić information content (AvgIpc) is 2.54. The highest BCUT2D eigenvalue weighted by atomic mass is 32.2. The lowest BCUT2D eigenvalue weighted by molar-refractivity contribution is 0.0472. The standard InChI is InChI=1S/C16H16FNO4S/c1-2-18-23(20,21)15-9-5-13(6-10-15)16(19)22-11-12-3-7-14(17)8-4-12/h3-10,18H,2,11H2,1H3. The summed E-state index contributed by atoms with van der Waals surface area (Å²) in [6.07, 6.45) is 0. The minimum Gasteiger partial charge on any atom is -0.457 e. The van der Waals surface area contributed by atoms with Gasteiger partial charge in [-0.1, -0.05) is 19.1 Å². The molecule has 2 aromatic carbocycles.